The second-order valence-electron chi connectivity index (χ2n) is 4.91. The normalized spacial score (nSPS) is 13.4. The number of hydrogen-bond acceptors (Lipinski definition) is 5. The Kier molecular flexibility index (Phi) is 5.61. The van der Waals surface area contributed by atoms with E-state index in [1.165, 1.54) is 18.2 Å². The lowest BCUT2D eigenvalue weighted by atomic mass is 10.1. The molecule has 1 aromatic rings. The zero-order valence-corrected chi connectivity index (χ0v) is 12.3. The lowest BCUT2D eigenvalue weighted by molar-refractivity contribution is -0.387. The predicted molar refractivity (Wildman–Crippen MR) is 75.7 cm³/mol. The summed E-state index contributed by atoms with van der Waals surface area (Å²) in [4.78, 5) is 9.84. The minimum Gasteiger partial charge on any atom is -0.329 e. The van der Waals surface area contributed by atoms with Gasteiger partial charge in [0.25, 0.3) is 5.69 Å². The zero-order chi connectivity index (χ0) is 15.3. The molecule has 0 heterocycles. The Morgan fingerprint density at radius 2 is 1.95 bits per heavy atom. The maximum atomic E-state index is 12.2. The van der Waals surface area contributed by atoms with Gasteiger partial charge in [0, 0.05) is 18.7 Å². The first-order chi connectivity index (χ1) is 9.27. The summed E-state index contributed by atoms with van der Waals surface area (Å²) in [6.07, 6.45) is 0.566. The molecule has 0 saturated heterocycles. The van der Waals surface area contributed by atoms with Crippen LogP contribution < -0.4 is 10.5 Å². The number of nitrogens with zero attached hydrogens (tertiary/aromatic N) is 1. The molecule has 0 saturated carbocycles. The van der Waals surface area contributed by atoms with E-state index in [0.29, 0.717) is 6.42 Å². The summed E-state index contributed by atoms with van der Waals surface area (Å²) in [6, 6.07) is 4.80. The van der Waals surface area contributed by atoms with Gasteiger partial charge in [-0.15, -0.1) is 0 Å². The summed E-state index contributed by atoms with van der Waals surface area (Å²) < 4.78 is 26.9. The van der Waals surface area contributed by atoms with Crippen LogP contribution in [-0.2, 0) is 10.0 Å². The number of nitro benzene ring substituents is 1. The number of rotatable bonds is 7. The van der Waals surface area contributed by atoms with E-state index >= 15 is 0 Å². The van der Waals surface area contributed by atoms with Gasteiger partial charge in [-0.1, -0.05) is 26.0 Å². The van der Waals surface area contributed by atoms with Crippen LogP contribution >= 0.6 is 0 Å². The SMILES string of the molecule is CC(C)CC(CN)NS(=O)(=O)c1ccccc1[N+](=O)[O-]. The lowest BCUT2D eigenvalue weighted by Crippen LogP contribution is -2.41. The molecule has 0 bridgehead atoms. The fourth-order valence-electron chi connectivity index (χ4n) is 1.88. The van der Waals surface area contributed by atoms with Gasteiger partial charge in [0.05, 0.1) is 4.92 Å². The largest absolute Gasteiger partial charge is 0.329 e. The van der Waals surface area contributed by atoms with Gasteiger partial charge in [0.15, 0.2) is 4.90 Å². The molecule has 1 aromatic carbocycles. The second-order valence-corrected chi connectivity index (χ2v) is 6.59. The molecule has 7 nitrogen and oxygen atoms in total. The molecule has 0 aliphatic heterocycles. The minimum absolute atomic E-state index is 0.137. The molecule has 0 aliphatic carbocycles. The monoisotopic (exact) mass is 301 g/mol. The quantitative estimate of drug-likeness (QED) is 0.581. The van der Waals surface area contributed by atoms with Crippen molar-refractivity contribution < 1.29 is 13.3 Å². The van der Waals surface area contributed by atoms with Gasteiger partial charge in [0.1, 0.15) is 0 Å². The third kappa shape index (κ3) is 4.26. The van der Waals surface area contributed by atoms with Crippen LogP contribution in [0.25, 0.3) is 0 Å². The molecule has 1 rings (SSSR count). The van der Waals surface area contributed by atoms with Crippen LogP contribution in [-0.4, -0.2) is 25.9 Å². The van der Waals surface area contributed by atoms with Gasteiger partial charge in [-0.2, -0.15) is 0 Å². The van der Waals surface area contributed by atoms with Crippen molar-refractivity contribution in [2.24, 2.45) is 11.7 Å². The maximum absolute atomic E-state index is 12.2. The molecule has 0 spiro atoms. The Morgan fingerprint density at radius 3 is 2.45 bits per heavy atom. The minimum atomic E-state index is -3.96. The van der Waals surface area contributed by atoms with Gasteiger partial charge in [0.2, 0.25) is 10.0 Å². The highest BCUT2D eigenvalue weighted by Crippen LogP contribution is 2.23. The third-order valence-electron chi connectivity index (χ3n) is 2.71. The summed E-state index contributed by atoms with van der Waals surface area (Å²) in [5.41, 5.74) is 5.10. The summed E-state index contributed by atoms with van der Waals surface area (Å²) >= 11 is 0. The van der Waals surface area contributed by atoms with Crippen LogP contribution in [0.15, 0.2) is 29.2 Å². The standard InChI is InChI=1S/C12H19N3O4S/c1-9(2)7-10(8-13)14-20(18,19)12-6-4-3-5-11(12)15(16)17/h3-6,9-10,14H,7-8,13H2,1-2H3. The summed E-state index contributed by atoms with van der Waals surface area (Å²) in [5.74, 6) is 0.261. The molecule has 1 unspecified atom stereocenters. The number of nitrogens with two attached hydrogens (primary N) is 1. The highest BCUT2D eigenvalue weighted by atomic mass is 32.2. The zero-order valence-electron chi connectivity index (χ0n) is 11.4. The van der Waals surface area contributed by atoms with Crippen molar-refractivity contribution in [2.75, 3.05) is 6.54 Å². The number of benzene rings is 1. The highest BCUT2D eigenvalue weighted by Gasteiger charge is 2.27. The molecule has 112 valence electrons. The van der Waals surface area contributed by atoms with Gasteiger partial charge in [-0.05, 0) is 18.4 Å². The Bertz CT molecular complexity index is 572. The Morgan fingerprint density at radius 1 is 1.35 bits per heavy atom. The van der Waals surface area contributed by atoms with Gasteiger partial charge in [-0.25, -0.2) is 13.1 Å². The van der Waals surface area contributed by atoms with Crippen molar-refractivity contribution in [3.63, 3.8) is 0 Å². The number of para-hydroxylation sites is 1. The van der Waals surface area contributed by atoms with Crippen molar-refractivity contribution in [1.29, 1.82) is 0 Å². The molecular formula is C12H19N3O4S. The molecule has 1 atom stereocenters. The van der Waals surface area contributed by atoms with E-state index in [1.54, 1.807) is 0 Å². The van der Waals surface area contributed by atoms with Gasteiger partial charge in [-0.3, -0.25) is 10.1 Å². The Labute approximate surface area is 118 Å². The van der Waals surface area contributed by atoms with Crippen LogP contribution in [0.5, 0.6) is 0 Å². The van der Waals surface area contributed by atoms with E-state index in [2.05, 4.69) is 4.72 Å². The smallest absolute Gasteiger partial charge is 0.289 e. The van der Waals surface area contributed by atoms with Crippen LogP contribution in [0.3, 0.4) is 0 Å². The third-order valence-corrected chi connectivity index (χ3v) is 4.28. The molecule has 0 aliphatic rings. The van der Waals surface area contributed by atoms with E-state index in [1.807, 2.05) is 13.8 Å². The molecule has 0 radical (unpaired) electrons. The molecule has 3 N–H and O–H groups in total. The molecule has 0 aromatic heterocycles. The Hall–Kier alpha value is -1.51. The number of nitrogens with one attached hydrogen (secondary N) is 1. The predicted octanol–water partition coefficient (Wildman–Crippen LogP) is 1.25. The molecule has 0 fully saturated rings. The van der Waals surface area contributed by atoms with Crippen molar-refractivity contribution >= 4 is 15.7 Å². The van der Waals surface area contributed by atoms with E-state index in [0.717, 1.165) is 6.07 Å². The van der Waals surface area contributed by atoms with Crippen molar-refractivity contribution in [3.05, 3.63) is 34.4 Å². The Balaban J connectivity index is 3.08. The van der Waals surface area contributed by atoms with E-state index < -0.39 is 26.7 Å². The maximum Gasteiger partial charge on any atom is 0.289 e. The average Bonchev–Trinajstić information content (AvgIpc) is 2.37. The molecule has 0 amide bonds. The number of hydrogen-bond donors (Lipinski definition) is 2. The van der Waals surface area contributed by atoms with E-state index in [9.17, 15) is 18.5 Å². The first kappa shape index (κ1) is 16.5. The van der Waals surface area contributed by atoms with E-state index in [-0.39, 0.29) is 17.4 Å². The van der Waals surface area contributed by atoms with Crippen molar-refractivity contribution in [2.45, 2.75) is 31.2 Å². The van der Waals surface area contributed by atoms with E-state index in [4.69, 9.17) is 5.73 Å². The van der Waals surface area contributed by atoms with Gasteiger partial charge >= 0.3 is 0 Å². The first-order valence-corrected chi connectivity index (χ1v) is 7.72. The van der Waals surface area contributed by atoms with Gasteiger partial charge < -0.3 is 5.73 Å². The second kappa shape index (κ2) is 6.78. The topological polar surface area (TPSA) is 115 Å². The summed E-state index contributed by atoms with van der Waals surface area (Å²) in [5, 5.41) is 10.9. The summed E-state index contributed by atoms with van der Waals surface area (Å²) in [6.45, 7) is 4.03. The first-order valence-electron chi connectivity index (χ1n) is 6.23. The molecule has 8 heteroatoms. The number of sulfonamides is 1. The fraction of sp³-hybridized carbons (Fsp3) is 0.500. The fourth-order valence-corrected chi connectivity index (χ4v) is 3.31. The van der Waals surface area contributed by atoms with Crippen LogP contribution in [0, 0.1) is 16.0 Å². The average molecular weight is 301 g/mol. The molecular weight excluding hydrogens is 282 g/mol. The highest BCUT2D eigenvalue weighted by molar-refractivity contribution is 7.89. The van der Waals surface area contributed by atoms with Crippen LogP contribution in [0.2, 0.25) is 0 Å². The van der Waals surface area contributed by atoms with Crippen LogP contribution in [0.1, 0.15) is 20.3 Å². The summed E-state index contributed by atoms with van der Waals surface area (Å²) in [7, 11) is -3.96. The van der Waals surface area contributed by atoms with Crippen molar-refractivity contribution in [3.8, 4) is 0 Å². The van der Waals surface area contributed by atoms with Crippen LogP contribution in [0.4, 0.5) is 5.69 Å². The van der Waals surface area contributed by atoms with Crippen molar-refractivity contribution in [1.82, 2.24) is 4.72 Å². The molecule has 20 heavy (non-hydrogen) atoms. The lowest BCUT2D eigenvalue weighted by Gasteiger charge is -2.18. The number of nitro groups is 1.